The van der Waals surface area contributed by atoms with E-state index in [9.17, 15) is 24.0 Å². The number of aliphatic carboxylic acids is 2. The number of thioether (sulfide) groups is 1. The molecule has 0 spiro atoms. The number of hydrogen-bond acceptors (Lipinski definition) is 8. The van der Waals surface area contributed by atoms with Gasteiger partial charge in [-0.3, -0.25) is 24.4 Å². The molecule has 3 atom stereocenters. The van der Waals surface area contributed by atoms with Crippen molar-refractivity contribution in [2.24, 2.45) is 5.73 Å². The first-order chi connectivity index (χ1) is 15.6. The van der Waals surface area contributed by atoms with E-state index in [0.717, 1.165) is 44.3 Å². The maximum atomic E-state index is 11.1. The molecule has 0 aromatic carbocycles. The minimum Gasteiger partial charge on any atom is -0.481 e. The SMILES string of the molecule is NCCCCCC(=O)O.O=C(O)CCCC[C@@H]1SC[C@@H]2NC(=O)N[C@@H]21.O=C1CCC(=O)N1O. The molecule has 0 radical (unpaired) electrons. The van der Waals surface area contributed by atoms with Gasteiger partial charge in [0, 0.05) is 36.7 Å². The summed E-state index contributed by atoms with van der Waals surface area (Å²) in [7, 11) is 0. The molecule has 0 aromatic heterocycles. The molecule has 4 amide bonds. The number of carbonyl (C=O) groups excluding carboxylic acids is 3. The Morgan fingerprint density at radius 2 is 1.52 bits per heavy atom. The van der Waals surface area contributed by atoms with Crippen LogP contribution < -0.4 is 16.4 Å². The monoisotopic (exact) mass is 490 g/mol. The zero-order chi connectivity index (χ0) is 24.8. The number of urea groups is 1. The third-order valence-electron chi connectivity index (χ3n) is 5.19. The van der Waals surface area contributed by atoms with Gasteiger partial charge >= 0.3 is 18.0 Å². The summed E-state index contributed by atoms with van der Waals surface area (Å²) < 4.78 is 0. The summed E-state index contributed by atoms with van der Waals surface area (Å²) in [5, 5.41) is 31.5. The largest absolute Gasteiger partial charge is 0.481 e. The molecule has 0 bridgehead atoms. The highest BCUT2D eigenvalue weighted by Gasteiger charge is 2.42. The zero-order valence-electron chi connectivity index (χ0n) is 18.5. The van der Waals surface area contributed by atoms with E-state index in [1.807, 2.05) is 11.8 Å². The Morgan fingerprint density at radius 1 is 0.939 bits per heavy atom. The minimum atomic E-state index is -0.729. The number of fused-ring (bicyclic) bond motifs is 1. The number of nitrogens with two attached hydrogens (primary N) is 1. The van der Waals surface area contributed by atoms with Gasteiger partial charge in [0.05, 0.1) is 12.1 Å². The third kappa shape index (κ3) is 11.3. The molecule has 33 heavy (non-hydrogen) atoms. The zero-order valence-corrected chi connectivity index (χ0v) is 19.3. The van der Waals surface area contributed by atoms with Gasteiger partial charge < -0.3 is 26.6 Å². The Labute approximate surface area is 196 Å². The quantitative estimate of drug-likeness (QED) is 0.111. The number of amides is 4. The number of unbranched alkanes of at least 4 members (excludes halogenated alkanes) is 3. The van der Waals surface area contributed by atoms with E-state index < -0.39 is 23.8 Å². The number of rotatable bonds is 10. The first-order valence-corrected chi connectivity index (χ1v) is 12.1. The standard InChI is InChI=1S/C10H16N2O3S.C6H13NO2.C4H5NO3/c13-8(14)4-2-1-3-7-9-6(5-16-7)11-10(15)12-9;7-5-3-1-2-4-6(8)9;6-3-1-2-4(7)5(3)8/h6-7,9H,1-5H2,(H,13,14)(H2,11,12,15);1-5,7H2,(H,8,9);8H,1-2H2/t6-,7-,9-;;/m0../s1. The highest BCUT2D eigenvalue weighted by Crippen LogP contribution is 2.33. The molecule has 13 heteroatoms. The number of hydroxylamine groups is 2. The number of carboxylic acid groups (broad SMARTS) is 2. The molecule has 7 N–H and O–H groups in total. The molecule has 0 unspecified atom stereocenters. The van der Waals surface area contributed by atoms with Crippen LogP contribution in [0.4, 0.5) is 4.79 Å². The van der Waals surface area contributed by atoms with Crippen molar-refractivity contribution in [3.05, 3.63) is 0 Å². The smallest absolute Gasteiger partial charge is 0.315 e. The van der Waals surface area contributed by atoms with Gasteiger partial charge in [0.15, 0.2) is 0 Å². The first-order valence-electron chi connectivity index (χ1n) is 11.0. The molecule has 188 valence electrons. The van der Waals surface area contributed by atoms with Crippen molar-refractivity contribution in [3.63, 3.8) is 0 Å². The van der Waals surface area contributed by atoms with Crippen molar-refractivity contribution in [2.45, 2.75) is 81.5 Å². The predicted octanol–water partition coefficient (Wildman–Crippen LogP) is 0.912. The van der Waals surface area contributed by atoms with Crippen LogP contribution in [0.1, 0.15) is 64.2 Å². The van der Waals surface area contributed by atoms with E-state index in [1.54, 1.807) is 0 Å². The van der Waals surface area contributed by atoms with E-state index >= 15 is 0 Å². The highest BCUT2D eigenvalue weighted by molar-refractivity contribution is 8.00. The molecule has 3 saturated heterocycles. The van der Waals surface area contributed by atoms with Crippen LogP contribution in [0.2, 0.25) is 0 Å². The van der Waals surface area contributed by atoms with Gasteiger partial charge in [-0.15, -0.1) is 0 Å². The number of imide groups is 1. The molecule has 0 aliphatic carbocycles. The summed E-state index contributed by atoms with van der Waals surface area (Å²) >= 11 is 1.87. The molecular formula is C20H34N4O8S. The van der Waals surface area contributed by atoms with E-state index in [-0.39, 0.29) is 48.9 Å². The van der Waals surface area contributed by atoms with E-state index in [1.165, 1.54) is 0 Å². The molecule has 3 rings (SSSR count). The van der Waals surface area contributed by atoms with Crippen molar-refractivity contribution in [3.8, 4) is 0 Å². The van der Waals surface area contributed by atoms with Gasteiger partial charge in [0.1, 0.15) is 0 Å². The first kappa shape index (κ1) is 28.7. The molecule has 3 aliphatic rings. The average molecular weight is 491 g/mol. The second-order valence-electron chi connectivity index (χ2n) is 7.85. The maximum absolute atomic E-state index is 11.1. The van der Waals surface area contributed by atoms with Crippen molar-refractivity contribution >= 4 is 41.5 Å². The Balaban J connectivity index is 0.000000273. The van der Waals surface area contributed by atoms with Crippen LogP contribution in [0.3, 0.4) is 0 Å². The lowest BCUT2D eigenvalue weighted by atomic mass is 10.0. The van der Waals surface area contributed by atoms with Gasteiger partial charge in [-0.2, -0.15) is 16.8 Å². The Morgan fingerprint density at radius 3 is 2.00 bits per heavy atom. The highest BCUT2D eigenvalue weighted by atomic mass is 32.2. The van der Waals surface area contributed by atoms with Gasteiger partial charge in [-0.1, -0.05) is 12.8 Å². The van der Waals surface area contributed by atoms with Crippen LogP contribution in [-0.4, -0.2) is 79.9 Å². The van der Waals surface area contributed by atoms with Gasteiger partial charge in [-0.25, -0.2) is 4.79 Å². The third-order valence-corrected chi connectivity index (χ3v) is 6.70. The van der Waals surface area contributed by atoms with E-state index in [4.69, 9.17) is 21.2 Å². The number of carboxylic acids is 2. The molecule has 12 nitrogen and oxygen atoms in total. The lowest BCUT2D eigenvalue weighted by Gasteiger charge is -2.16. The fraction of sp³-hybridized carbons (Fsp3) is 0.750. The molecule has 3 aliphatic heterocycles. The number of hydrogen-bond donors (Lipinski definition) is 6. The van der Waals surface area contributed by atoms with Gasteiger partial charge in [0.25, 0.3) is 11.8 Å². The average Bonchev–Trinajstić information content (AvgIpc) is 3.40. The summed E-state index contributed by atoms with van der Waals surface area (Å²) in [4.78, 5) is 51.9. The second kappa shape index (κ2) is 15.5. The van der Waals surface area contributed by atoms with Crippen LogP contribution in [0.15, 0.2) is 0 Å². The second-order valence-corrected chi connectivity index (χ2v) is 9.13. The summed E-state index contributed by atoms with van der Waals surface area (Å²) in [5.41, 5.74) is 5.20. The maximum Gasteiger partial charge on any atom is 0.315 e. The van der Waals surface area contributed by atoms with Crippen LogP contribution in [-0.2, 0) is 19.2 Å². The molecular weight excluding hydrogens is 456 g/mol. The van der Waals surface area contributed by atoms with Crippen molar-refractivity contribution in [1.29, 1.82) is 0 Å². The summed E-state index contributed by atoms with van der Waals surface area (Å²) in [5.74, 6) is -1.49. The fourth-order valence-electron chi connectivity index (χ4n) is 3.43. The Hall–Kier alpha value is -2.38. The summed E-state index contributed by atoms with van der Waals surface area (Å²) in [6.07, 6.45) is 6.08. The number of nitrogens with one attached hydrogen (secondary N) is 2. The van der Waals surface area contributed by atoms with Crippen molar-refractivity contribution in [1.82, 2.24) is 15.7 Å². The lowest BCUT2D eigenvalue weighted by Crippen LogP contribution is -2.36. The summed E-state index contributed by atoms with van der Waals surface area (Å²) in [6, 6.07) is 0.440. The number of carbonyl (C=O) groups is 5. The molecule has 3 heterocycles. The Kier molecular flexibility index (Phi) is 13.4. The molecule has 3 fully saturated rings. The molecule has 0 saturated carbocycles. The minimum absolute atomic E-state index is 0.0640. The lowest BCUT2D eigenvalue weighted by molar-refractivity contribution is -0.171. The van der Waals surface area contributed by atoms with Crippen LogP contribution in [0.25, 0.3) is 0 Å². The van der Waals surface area contributed by atoms with Crippen molar-refractivity contribution < 1.29 is 39.4 Å². The van der Waals surface area contributed by atoms with Crippen LogP contribution in [0, 0.1) is 0 Å². The van der Waals surface area contributed by atoms with E-state index in [2.05, 4.69) is 10.6 Å². The molecule has 0 aromatic rings. The summed E-state index contributed by atoms with van der Waals surface area (Å²) in [6.45, 7) is 0.666. The Bertz CT molecular complexity index is 677. The number of nitrogens with zero attached hydrogens (tertiary/aromatic N) is 1. The fourth-order valence-corrected chi connectivity index (χ4v) is 4.97. The normalized spacial score (nSPS) is 23.0. The van der Waals surface area contributed by atoms with Gasteiger partial charge in [-0.05, 0) is 32.2 Å². The van der Waals surface area contributed by atoms with E-state index in [0.29, 0.717) is 11.8 Å². The van der Waals surface area contributed by atoms with Crippen molar-refractivity contribution in [2.75, 3.05) is 12.3 Å². The topological polar surface area (TPSA) is 199 Å². The van der Waals surface area contributed by atoms with Gasteiger partial charge in [0.2, 0.25) is 0 Å². The predicted molar refractivity (Wildman–Crippen MR) is 120 cm³/mol. The van der Waals surface area contributed by atoms with Crippen LogP contribution >= 0.6 is 11.8 Å². The van der Waals surface area contributed by atoms with Crippen LogP contribution in [0.5, 0.6) is 0 Å².